The lowest BCUT2D eigenvalue weighted by atomic mass is 9.70. The molecule has 4 aromatic carbocycles. The number of para-hydroxylation sites is 2. The van der Waals surface area contributed by atoms with E-state index in [-0.39, 0.29) is 11.2 Å². The van der Waals surface area contributed by atoms with Crippen LogP contribution in [0.1, 0.15) is 22.8 Å². The van der Waals surface area contributed by atoms with Crippen LogP contribution in [0.4, 0.5) is 5.69 Å². The first-order valence-corrected chi connectivity index (χ1v) is 12.1. The van der Waals surface area contributed by atoms with E-state index < -0.39 is 11.6 Å². The molecule has 0 N–H and O–H groups in total. The van der Waals surface area contributed by atoms with Crippen LogP contribution in [-0.4, -0.2) is 12.0 Å². The normalized spacial score (nSPS) is 23.6. The van der Waals surface area contributed by atoms with Gasteiger partial charge in [-0.05, 0) is 41.8 Å². The van der Waals surface area contributed by atoms with Crippen molar-refractivity contribution >= 4 is 23.4 Å². The molecule has 0 aliphatic carbocycles. The average molecular weight is 450 g/mol. The number of amides is 1. The van der Waals surface area contributed by atoms with E-state index in [2.05, 4.69) is 48.5 Å². The Balaban J connectivity index is 1.55. The summed E-state index contributed by atoms with van der Waals surface area (Å²) in [5.41, 5.74) is 2.72. The van der Waals surface area contributed by atoms with Gasteiger partial charge in [0.05, 0.1) is 5.69 Å². The average Bonchev–Trinajstić information content (AvgIpc) is 3.02. The van der Waals surface area contributed by atoms with Crippen molar-refractivity contribution in [3.05, 3.63) is 126 Å². The molecule has 1 fully saturated rings. The smallest absolute Gasteiger partial charge is 0.271 e. The van der Waals surface area contributed by atoms with Crippen LogP contribution in [0.3, 0.4) is 0 Å². The number of β-lactam (4-membered cyclic amide) rings is 1. The monoisotopic (exact) mass is 449 g/mol. The van der Waals surface area contributed by atoms with Gasteiger partial charge in [-0.3, -0.25) is 9.69 Å². The molecule has 33 heavy (non-hydrogen) atoms. The van der Waals surface area contributed by atoms with E-state index in [4.69, 9.17) is 4.74 Å². The number of benzene rings is 4. The highest BCUT2D eigenvalue weighted by Crippen LogP contribution is 2.59. The van der Waals surface area contributed by atoms with E-state index in [0.717, 1.165) is 22.6 Å². The number of fused-ring (bicyclic) bond motifs is 3. The van der Waals surface area contributed by atoms with Crippen LogP contribution in [-0.2, 0) is 10.3 Å². The molecule has 3 atom stereocenters. The maximum Gasteiger partial charge on any atom is 0.271 e. The third-order valence-corrected chi connectivity index (χ3v) is 7.91. The topological polar surface area (TPSA) is 29.5 Å². The minimum absolute atomic E-state index is 0.00414. The van der Waals surface area contributed by atoms with Crippen LogP contribution in [0.2, 0.25) is 0 Å². The second kappa shape index (κ2) is 8.13. The third kappa shape index (κ3) is 3.25. The summed E-state index contributed by atoms with van der Waals surface area (Å²) in [5, 5.41) is 0.174. The summed E-state index contributed by atoms with van der Waals surface area (Å²) in [5.74, 6) is 0.719. The van der Waals surface area contributed by atoms with Gasteiger partial charge in [-0.2, -0.15) is 0 Å². The van der Waals surface area contributed by atoms with Gasteiger partial charge in [0, 0.05) is 10.1 Å². The molecule has 162 valence electrons. The lowest BCUT2D eigenvalue weighted by molar-refractivity contribution is -0.142. The van der Waals surface area contributed by atoms with E-state index in [0.29, 0.717) is 5.75 Å². The van der Waals surface area contributed by atoms with Gasteiger partial charge >= 0.3 is 0 Å². The highest BCUT2D eigenvalue weighted by atomic mass is 32.2. The maximum absolute atomic E-state index is 13.7. The summed E-state index contributed by atoms with van der Waals surface area (Å²) in [6.07, 6.45) is 0.157. The van der Waals surface area contributed by atoms with Crippen LogP contribution < -0.4 is 9.64 Å². The van der Waals surface area contributed by atoms with Crippen molar-refractivity contribution in [2.24, 2.45) is 0 Å². The van der Waals surface area contributed by atoms with E-state index in [9.17, 15) is 4.79 Å². The van der Waals surface area contributed by atoms with Crippen molar-refractivity contribution in [2.45, 2.75) is 28.2 Å². The van der Waals surface area contributed by atoms with E-state index >= 15 is 0 Å². The van der Waals surface area contributed by atoms with Crippen LogP contribution in [0.5, 0.6) is 5.75 Å². The number of anilines is 1. The second-order valence-electron chi connectivity index (χ2n) is 8.46. The van der Waals surface area contributed by atoms with Crippen LogP contribution in [0.25, 0.3) is 0 Å². The molecule has 4 heteroatoms. The Kier molecular flexibility index (Phi) is 4.96. The van der Waals surface area contributed by atoms with Gasteiger partial charge < -0.3 is 4.74 Å². The molecule has 4 aromatic rings. The van der Waals surface area contributed by atoms with Crippen molar-refractivity contribution in [3.8, 4) is 5.75 Å². The fraction of sp³-hybridized carbons (Fsp3) is 0.138. The highest BCUT2D eigenvalue weighted by molar-refractivity contribution is 7.99. The number of rotatable bonds is 4. The molecule has 1 amide bonds. The number of hydrogen-bond donors (Lipinski definition) is 0. The Morgan fingerprint density at radius 1 is 0.758 bits per heavy atom. The summed E-state index contributed by atoms with van der Waals surface area (Å²) in [7, 11) is 0. The van der Waals surface area contributed by atoms with Gasteiger partial charge in [0.2, 0.25) is 6.10 Å². The van der Waals surface area contributed by atoms with Gasteiger partial charge in [0.25, 0.3) is 5.91 Å². The Labute approximate surface area is 198 Å². The van der Waals surface area contributed by atoms with Gasteiger partial charge in [0.15, 0.2) is 0 Å². The lowest BCUT2D eigenvalue weighted by Gasteiger charge is -2.57. The summed E-state index contributed by atoms with van der Waals surface area (Å²) < 4.78 is 6.44. The molecule has 2 aliphatic heterocycles. The molecule has 0 saturated carbocycles. The van der Waals surface area contributed by atoms with Gasteiger partial charge in [-0.1, -0.05) is 91.0 Å². The van der Waals surface area contributed by atoms with E-state index in [1.54, 1.807) is 0 Å². The number of hydrogen-bond acceptors (Lipinski definition) is 3. The first-order chi connectivity index (χ1) is 16.3. The van der Waals surface area contributed by atoms with Crippen molar-refractivity contribution in [3.63, 3.8) is 0 Å². The van der Waals surface area contributed by atoms with Crippen molar-refractivity contribution in [2.75, 3.05) is 4.90 Å². The zero-order valence-electron chi connectivity index (χ0n) is 18.0. The lowest BCUT2D eigenvalue weighted by Crippen LogP contribution is -2.74. The Hall–Kier alpha value is -3.50. The first kappa shape index (κ1) is 20.1. The quantitative estimate of drug-likeness (QED) is 0.328. The van der Waals surface area contributed by atoms with Crippen LogP contribution in [0, 0.1) is 0 Å². The molecule has 6 rings (SSSR count). The standard InChI is InChI=1S/C29H23NO2S/c31-28-27(32-23-16-8-3-9-17-23)29(22-14-6-2-7-15-22)20-26(21-12-4-1-5-13-21)33-25-19-11-10-18-24(25)30(28)29/h1-19,26-27H,20H2/t26-,27+,29+/m1/s1. The minimum atomic E-state index is -0.603. The number of thioether (sulfide) groups is 1. The third-order valence-electron chi connectivity index (χ3n) is 6.59. The largest absolute Gasteiger partial charge is 0.478 e. The molecule has 2 heterocycles. The van der Waals surface area contributed by atoms with Gasteiger partial charge in [0.1, 0.15) is 11.3 Å². The highest BCUT2D eigenvalue weighted by Gasteiger charge is 2.65. The first-order valence-electron chi connectivity index (χ1n) is 11.2. The van der Waals surface area contributed by atoms with Gasteiger partial charge in [-0.25, -0.2) is 0 Å². The molecule has 3 nitrogen and oxygen atoms in total. The zero-order chi connectivity index (χ0) is 22.3. The predicted octanol–water partition coefficient (Wildman–Crippen LogP) is 6.61. The number of nitrogens with zero attached hydrogens (tertiary/aromatic N) is 1. The molecule has 0 aromatic heterocycles. The Bertz CT molecular complexity index is 1280. The van der Waals surface area contributed by atoms with E-state index in [1.165, 1.54) is 5.56 Å². The molecular weight excluding hydrogens is 426 g/mol. The summed E-state index contributed by atoms with van der Waals surface area (Å²) in [6.45, 7) is 0. The SMILES string of the molecule is O=C1[C@H](Oc2ccccc2)[C@@]2(c3ccccc3)C[C@H](c3ccccc3)Sc3ccccc3N12. The molecule has 0 spiro atoms. The molecule has 1 saturated heterocycles. The second-order valence-corrected chi connectivity index (χ2v) is 9.71. The summed E-state index contributed by atoms with van der Waals surface area (Å²) in [4.78, 5) is 16.8. The van der Waals surface area contributed by atoms with Crippen molar-refractivity contribution in [1.82, 2.24) is 0 Å². The van der Waals surface area contributed by atoms with Crippen LogP contribution in [0.15, 0.2) is 120 Å². The zero-order valence-corrected chi connectivity index (χ0v) is 18.8. The molecule has 0 bridgehead atoms. The predicted molar refractivity (Wildman–Crippen MR) is 133 cm³/mol. The summed E-state index contributed by atoms with van der Waals surface area (Å²) in [6, 6.07) is 38.9. The number of carbonyl (C=O) groups excluding carboxylic acids is 1. The van der Waals surface area contributed by atoms with Crippen molar-refractivity contribution in [1.29, 1.82) is 0 Å². The molecule has 0 unspecified atom stereocenters. The Morgan fingerprint density at radius 2 is 1.36 bits per heavy atom. The molecule has 0 radical (unpaired) electrons. The number of carbonyl (C=O) groups is 1. The molecule has 2 aliphatic rings. The van der Waals surface area contributed by atoms with Crippen molar-refractivity contribution < 1.29 is 9.53 Å². The van der Waals surface area contributed by atoms with Gasteiger partial charge in [-0.15, -0.1) is 11.8 Å². The fourth-order valence-electron chi connectivity index (χ4n) is 5.08. The van der Waals surface area contributed by atoms with E-state index in [1.807, 2.05) is 83.4 Å². The fourth-order valence-corrected chi connectivity index (χ4v) is 6.46. The number of ether oxygens (including phenoxy) is 1. The van der Waals surface area contributed by atoms with Crippen LogP contribution >= 0.6 is 11.8 Å². The Morgan fingerprint density at radius 3 is 2.09 bits per heavy atom. The minimum Gasteiger partial charge on any atom is -0.478 e. The maximum atomic E-state index is 13.7. The molecular formula is C29H23NO2S. The summed E-state index contributed by atoms with van der Waals surface area (Å²) >= 11 is 1.83.